The van der Waals surface area contributed by atoms with Crippen molar-refractivity contribution in [3.05, 3.63) is 23.3 Å². The normalized spacial score (nSPS) is 33.9. The number of fused-ring (bicyclic) bond motifs is 1. The summed E-state index contributed by atoms with van der Waals surface area (Å²) in [5.41, 5.74) is -1.18. The van der Waals surface area contributed by atoms with Gasteiger partial charge in [0.1, 0.15) is 34.9 Å². The first-order valence-corrected chi connectivity index (χ1v) is 11.7. The summed E-state index contributed by atoms with van der Waals surface area (Å²) in [6, 6.07) is 2.81. The van der Waals surface area contributed by atoms with Crippen molar-refractivity contribution in [1.82, 2.24) is 14.7 Å². The zero-order chi connectivity index (χ0) is 23.9. The Kier molecular flexibility index (Phi) is 4.89. The Morgan fingerprint density at radius 1 is 1.09 bits per heavy atom. The number of piperazine rings is 1. The summed E-state index contributed by atoms with van der Waals surface area (Å²) in [5, 5.41) is 33.6. The van der Waals surface area contributed by atoms with Crippen molar-refractivity contribution in [2.45, 2.75) is 44.5 Å². The summed E-state index contributed by atoms with van der Waals surface area (Å²) in [6.07, 6.45) is -0.418. The van der Waals surface area contributed by atoms with Gasteiger partial charge in [-0.25, -0.2) is 4.79 Å². The van der Waals surface area contributed by atoms with E-state index in [4.69, 9.17) is 4.74 Å². The largest absolute Gasteiger partial charge is 0.507 e. The molecule has 3 saturated carbocycles. The van der Waals surface area contributed by atoms with Crippen molar-refractivity contribution in [2.75, 3.05) is 40.3 Å². The van der Waals surface area contributed by atoms with Crippen molar-refractivity contribution in [3.63, 3.8) is 0 Å². The molecule has 9 heteroatoms. The number of ether oxygens (including phenoxy) is 1. The fourth-order valence-electron chi connectivity index (χ4n) is 6.45. The van der Waals surface area contributed by atoms with Crippen molar-refractivity contribution in [1.29, 1.82) is 0 Å². The Morgan fingerprint density at radius 2 is 1.73 bits per heavy atom. The molecule has 5 atom stereocenters. The Hall–Kier alpha value is -2.52. The minimum Gasteiger partial charge on any atom is -0.507 e. The SMILES string of the molecule is CN(C)C(=O)N1CCN(C(=O)c2c(O)ccc3c2O[C@@H]2C[C@H]4C[C@H](C4(C)C)[C@]2(O)[C@H]3O)CC1. The number of urea groups is 1. The third-order valence-electron chi connectivity index (χ3n) is 8.64. The minimum absolute atomic E-state index is 0.0134. The zero-order valence-electron chi connectivity index (χ0n) is 19.6. The molecule has 2 bridgehead atoms. The van der Waals surface area contributed by atoms with E-state index < -0.39 is 23.7 Å². The lowest BCUT2D eigenvalue weighted by Crippen LogP contribution is -2.72. The molecule has 0 radical (unpaired) electrons. The first kappa shape index (κ1) is 22.3. The van der Waals surface area contributed by atoms with Gasteiger partial charge in [-0.15, -0.1) is 0 Å². The molecule has 5 aliphatic rings. The van der Waals surface area contributed by atoms with E-state index in [1.165, 1.54) is 17.0 Å². The van der Waals surface area contributed by atoms with Gasteiger partial charge < -0.3 is 34.8 Å². The first-order valence-electron chi connectivity index (χ1n) is 11.7. The molecule has 3 N–H and O–H groups in total. The van der Waals surface area contributed by atoms with Crippen LogP contribution in [-0.4, -0.2) is 93.9 Å². The number of aromatic hydroxyl groups is 1. The van der Waals surface area contributed by atoms with Crippen LogP contribution in [0.1, 0.15) is 48.7 Å². The number of phenols is 1. The molecule has 180 valence electrons. The van der Waals surface area contributed by atoms with Gasteiger partial charge in [0.2, 0.25) is 0 Å². The predicted octanol–water partition coefficient (Wildman–Crippen LogP) is 1.42. The fourth-order valence-corrected chi connectivity index (χ4v) is 6.45. The maximum Gasteiger partial charge on any atom is 0.319 e. The van der Waals surface area contributed by atoms with Crippen molar-refractivity contribution < 1.29 is 29.6 Å². The molecule has 33 heavy (non-hydrogen) atoms. The molecule has 4 fully saturated rings. The van der Waals surface area contributed by atoms with Crippen LogP contribution in [0.5, 0.6) is 11.5 Å². The number of aliphatic hydroxyl groups is 2. The van der Waals surface area contributed by atoms with Crippen LogP contribution in [0.15, 0.2) is 12.1 Å². The number of carbonyl (C=O) groups is 2. The number of carbonyl (C=O) groups excluding carboxylic acids is 2. The Balaban J connectivity index is 1.44. The predicted molar refractivity (Wildman–Crippen MR) is 119 cm³/mol. The van der Waals surface area contributed by atoms with E-state index >= 15 is 0 Å². The average Bonchev–Trinajstić information content (AvgIpc) is 2.78. The number of nitrogens with zero attached hydrogens (tertiary/aromatic N) is 3. The first-order chi connectivity index (χ1) is 15.5. The maximum atomic E-state index is 13.5. The Morgan fingerprint density at radius 3 is 2.33 bits per heavy atom. The third-order valence-corrected chi connectivity index (χ3v) is 8.64. The second kappa shape index (κ2) is 7.24. The van der Waals surface area contributed by atoms with Gasteiger partial charge in [0.05, 0.1) is 0 Å². The van der Waals surface area contributed by atoms with Crippen LogP contribution in [0, 0.1) is 17.3 Å². The highest BCUT2D eigenvalue weighted by atomic mass is 16.5. The minimum atomic E-state index is -1.43. The van der Waals surface area contributed by atoms with E-state index in [-0.39, 0.29) is 34.4 Å². The lowest BCUT2D eigenvalue weighted by atomic mass is 9.42. The van der Waals surface area contributed by atoms with Crippen molar-refractivity contribution in [3.8, 4) is 11.5 Å². The van der Waals surface area contributed by atoms with Crippen LogP contribution in [0.3, 0.4) is 0 Å². The molecule has 3 amide bonds. The topological polar surface area (TPSA) is 114 Å². The summed E-state index contributed by atoms with van der Waals surface area (Å²) in [4.78, 5) is 30.4. The Bertz CT molecular complexity index is 1000. The second-order valence-corrected chi connectivity index (χ2v) is 10.8. The van der Waals surface area contributed by atoms with E-state index in [2.05, 4.69) is 13.8 Å². The molecule has 0 spiro atoms. The summed E-state index contributed by atoms with van der Waals surface area (Å²) < 4.78 is 6.23. The lowest BCUT2D eigenvalue weighted by molar-refractivity contribution is -0.289. The number of phenolic OH excluding ortho intramolecular Hbond substituents is 1. The lowest BCUT2D eigenvalue weighted by Gasteiger charge is -2.67. The van der Waals surface area contributed by atoms with Crippen LogP contribution in [0.2, 0.25) is 0 Å². The molecule has 0 unspecified atom stereocenters. The number of hydrogen-bond donors (Lipinski definition) is 3. The molecular weight excluding hydrogens is 426 g/mol. The van der Waals surface area contributed by atoms with Crippen molar-refractivity contribution in [2.24, 2.45) is 17.3 Å². The van der Waals surface area contributed by atoms with Gasteiger partial charge in [-0.2, -0.15) is 0 Å². The summed E-state index contributed by atoms with van der Waals surface area (Å²) in [7, 11) is 3.38. The van der Waals surface area contributed by atoms with Crippen LogP contribution < -0.4 is 4.74 Å². The molecule has 2 heterocycles. The van der Waals surface area contributed by atoms with E-state index in [9.17, 15) is 24.9 Å². The van der Waals surface area contributed by atoms with Gasteiger partial charge in [-0.05, 0) is 42.2 Å². The van der Waals surface area contributed by atoms with Gasteiger partial charge in [-0.1, -0.05) is 13.8 Å². The monoisotopic (exact) mass is 459 g/mol. The molecule has 1 saturated heterocycles. The smallest absolute Gasteiger partial charge is 0.319 e. The number of amides is 3. The van der Waals surface area contributed by atoms with Gasteiger partial charge in [0, 0.05) is 45.8 Å². The Labute approximate surface area is 193 Å². The fraction of sp³-hybridized carbons (Fsp3) is 0.667. The van der Waals surface area contributed by atoms with E-state index in [1.807, 2.05) is 0 Å². The maximum absolute atomic E-state index is 13.5. The average molecular weight is 460 g/mol. The highest BCUT2D eigenvalue weighted by Gasteiger charge is 2.69. The molecular formula is C24H33N3O6. The molecule has 9 nitrogen and oxygen atoms in total. The van der Waals surface area contributed by atoms with Gasteiger partial charge >= 0.3 is 6.03 Å². The van der Waals surface area contributed by atoms with E-state index in [0.717, 1.165) is 6.42 Å². The number of rotatable bonds is 1. The highest BCUT2D eigenvalue weighted by molar-refractivity contribution is 6.00. The summed E-state index contributed by atoms with van der Waals surface area (Å²) in [5.74, 6) is -0.190. The molecule has 2 aliphatic heterocycles. The second-order valence-electron chi connectivity index (χ2n) is 10.8. The van der Waals surface area contributed by atoms with Crippen molar-refractivity contribution >= 4 is 11.9 Å². The van der Waals surface area contributed by atoms with Crippen LogP contribution in [-0.2, 0) is 0 Å². The van der Waals surface area contributed by atoms with Crippen LogP contribution in [0.25, 0.3) is 0 Å². The summed E-state index contributed by atoms with van der Waals surface area (Å²) >= 11 is 0. The number of hydrogen-bond acceptors (Lipinski definition) is 6. The van der Waals surface area contributed by atoms with Gasteiger partial charge in [0.25, 0.3) is 5.91 Å². The summed E-state index contributed by atoms with van der Waals surface area (Å²) in [6.45, 7) is 5.68. The van der Waals surface area contributed by atoms with E-state index in [1.54, 1.807) is 23.9 Å². The highest BCUT2D eigenvalue weighted by Crippen LogP contribution is 2.67. The van der Waals surface area contributed by atoms with Crippen LogP contribution in [0.4, 0.5) is 4.79 Å². The molecule has 1 aromatic carbocycles. The number of aliphatic hydroxyl groups excluding tert-OH is 1. The van der Waals surface area contributed by atoms with Gasteiger partial charge in [-0.3, -0.25) is 4.79 Å². The molecule has 6 rings (SSSR count). The molecule has 3 aliphatic carbocycles. The molecule has 1 aromatic rings. The quantitative estimate of drug-likeness (QED) is 0.585. The van der Waals surface area contributed by atoms with Crippen LogP contribution >= 0.6 is 0 Å². The standard InChI is InChI=1S/C24H33N3O6/c1-23(2)13-11-16(23)24(32)17(12-13)33-19-14(20(24)29)5-6-15(28)18(19)21(30)26-7-9-27(10-8-26)22(31)25(3)4/h5-6,13,16-17,20,28-29,32H,7-12H2,1-4H3/t13-,16-,17-,20+,24-/m1/s1. The zero-order valence-corrected chi connectivity index (χ0v) is 19.6. The molecule has 0 aromatic heterocycles. The third kappa shape index (κ3) is 2.98. The van der Waals surface area contributed by atoms with Gasteiger partial charge in [0.15, 0.2) is 0 Å². The van der Waals surface area contributed by atoms with E-state index in [0.29, 0.717) is 44.1 Å². The number of benzene rings is 1.